The third-order valence-corrected chi connectivity index (χ3v) is 7.11. The Morgan fingerprint density at radius 1 is 0.943 bits per heavy atom. The molecule has 3 atom stereocenters. The number of hydrogen-bond acceptors (Lipinski definition) is 4. The lowest BCUT2D eigenvalue weighted by Gasteiger charge is -2.35. The van der Waals surface area contributed by atoms with E-state index in [0.717, 1.165) is 48.6 Å². The Labute approximate surface area is 207 Å². The Hall–Kier alpha value is -3.41. The average Bonchev–Trinajstić information content (AvgIpc) is 3.39. The Morgan fingerprint density at radius 3 is 2.14 bits per heavy atom. The quantitative estimate of drug-likeness (QED) is 0.406. The van der Waals surface area contributed by atoms with Gasteiger partial charge in [0.2, 0.25) is 5.89 Å². The summed E-state index contributed by atoms with van der Waals surface area (Å²) in [6.07, 6.45) is 4.15. The highest BCUT2D eigenvalue weighted by atomic mass is 16.5. The van der Waals surface area contributed by atoms with E-state index in [0.29, 0.717) is 18.4 Å². The van der Waals surface area contributed by atoms with Crippen molar-refractivity contribution in [3.63, 3.8) is 0 Å². The molecule has 3 aromatic carbocycles. The Bertz CT molecular complexity index is 1150. The largest absolute Gasteiger partial charge is 0.484 e. The summed E-state index contributed by atoms with van der Waals surface area (Å²) >= 11 is 0. The van der Waals surface area contributed by atoms with Crippen LogP contribution in [-0.4, -0.2) is 29.3 Å². The molecular formula is C30H33N2O3+. The first-order valence-corrected chi connectivity index (χ1v) is 12.5. The fraction of sp³-hybridized carbons (Fsp3) is 0.300. The normalized spacial score (nSPS) is 20.5. The van der Waals surface area contributed by atoms with Crippen molar-refractivity contribution in [1.82, 2.24) is 4.98 Å². The zero-order valence-electron chi connectivity index (χ0n) is 20.1. The van der Waals surface area contributed by atoms with Gasteiger partial charge in [-0.15, -0.1) is 0 Å². The Kier molecular flexibility index (Phi) is 6.98. The van der Waals surface area contributed by atoms with E-state index in [-0.39, 0.29) is 6.10 Å². The summed E-state index contributed by atoms with van der Waals surface area (Å²) in [6, 6.07) is 29.3. The predicted molar refractivity (Wildman–Crippen MR) is 135 cm³/mol. The molecule has 3 unspecified atom stereocenters. The number of para-hydroxylation sites is 1. The summed E-state index contributed by atoms with van der Waals surface area (Å²) in [6.45, 7) is 4.92. The molecule has 0 radical (unpaired) electrons. The minimum Gasteiger partial charge on any atom is -0.484 e. The van der Waals surface area contributed by atoms with E-state index in [4.69, 9.17) is 9.15 Å². The molecule has 5 heteroatoms. The van der Waals surface area contributed by atoms with Gasteiger partial charge in [-0.2, -0.15) is 0 Å². The fourth-order valence-electron chi connectivity index (χ4n) is 5.14. The van der Waals surface area contributed by atoms with Gasteiger partial charge < -0.3 is 19.2 Å². The number of nitrogens with zero attached hydrogens (tertiary/aromatic N) is 1. The number of benzene rings is 3. The molecule has 1 aliphatic rings. The lowest BCUT2D eigenvalue weighted by Crippen LogP contribution is -3.13. The molecule has 2 N–H and O–H groups in total. The summed E-state index contributed by atoms with van der Waals surface area (Å²) < 4.78 is 12.6. The molecule has 1 saturated heterocycles. The average molecular weight is 470 g/mol. The first-order valence-electron chi connectivity index (χ1n) is 12.5. The van der Waals surface area contributed by atoms with Gasteiger partial charge in [0.05, 0.1) is 12.7 Å². The van der Waals surface area contributed by atoms with Crippen LogP contribution in [0.25, 0.3) is 0 Å². The molecule has 2 heterocycles. The third-order valence-electron chi connectivity index (χ3n) is 7.11. The molecule has 0 spiro atoms. The van der Waals surface area contributed by atoms with Gasteiger partial charge in [0, 0.05) is 12.3 Å². The molecule has 180 valence electrons. The lowest BCUT2D eigenvalue weighted by atomic mass is 9.86. The van der Waals surface area contributed by atoms with Crippen LogP contribution in [0.4, 0.5) is 0 Å². The van der Waals surface area contributed by atoms with E-state index in [1.807, 2.05) is 91.0 Å². The van der Waals surface area contributed by atoms with Crippen LogP contribution in [0.2, 0.25) is 0 Å². The second-order valence-corrected chi connectivity index (χ2v) is 9.38. The molecule has 4 aromatic rings. The van der Waals surface area contributed by atoms with E-state index in [1.165, 1.54) is 4.90 Å². The van der Waals surface area contributed by atoms with Gasteiger partial charge in [0.1, 0.15) is 18.8 Å². The number of likely N-dealkylation sites (tertiary alicyclic amines) is 1. The fourth-order valence-corrected chi connectivity index (χ4v) is 5.14. The van der Waals surface area contributed by atoms with Gasteiger partial charge >= 0.3 is 0 Å². The van der Waals surface area contributed by atoms with Crippen LogP contribution in [-0.2, 0) is 12.1 Å². The smallest absolute Gasteiger partial charge is 0.236 e. The monoisotopic (exact) mass is 469 g/mol. The number of oxazole rings is 1. The molecule has 1 fully saturated rings. The minimum atomic E-state index is -1.45. The highest BCUT2D eigenvalue weighted by molar-refractivity contribution is 5.41. The van der Waals surface area contributed by atoms with Gasteiger partial charge in [-0.05, 0) is 29.7 Å². The molecule has 5 rings (SSSR count). The van der Waals surface area contributed by atoms with Crippen LogP contribution < -0.4 is 9.64 Å². The third kappa shape index (κ3) is 5.02. The van der Waals surface area contributed by atoms with E-state index in [2.05, 4.69) is 11.9 Å². The molecule has 35 heavy (non-hydrogen) atoms. The standard InChI is InChI=1S/C30H32N2O3/c1-2-23-18-19-32(22-28(23)34-26-16-10-5-11-17-26)21-27-20-31-29(35-27)30(33,24-12-6-3-7-13-24)25-14-8-4-9-15-25/h3-17,20,23,28,33H,2,18-19,21-22H2,1H3/p+1. The number of quaternary nitrogens is 1. The van der Waals surface area contributed by atoms with Gasteiger partial charge in [0.15, 0.2) is 17.5 Å². The van der Waals surface area contributed by atoms with E-state index in [1.54, 1.807) is 6.20 Å². The second kappa shape index (κ2) is 10.5. The lowest BCUT2D eigenvalue weighted by molar-refractivity contribution is -0.923. The van der Waals surface area contributed by atoms with Crippen LogP contribution in [0.15, 0.2) is 102 Å². The minimum absolute atomic E-state index is 0.166. The van der Waals surface area contributed by atoms with E-state index < -0.39 is 5.60 Å². The molecule has 0 saturated carbocycles. The van der Waals surface area contributed by atoms with Crippen molar-refractivity contribution >= 4 is 0 Å². The molecule has 1 aliphatic heterocycles. The Balaban J connectivity index is 1.36. The van der Waals surface area contributed by atoms with Crippen LogP contribution in [0.5, 0.6) is 5.75 Å². The molecular weight excluding hydrogens is 436 g/mol. The summed E-state index contributed by atoms with van der Waals surface area (Å²) in [4.78, 5) is 5.97. The van der Waals surface area contributed by atoms with Crippen molar-refractivity contribution in [3.8, 4) is 5.75 Å². The van der Waals surface area contributed by atoms with Crippen LogP contribution in [0.3, 0.4) is 0 Å². The number of ether oxygens (including phenoxy) is 1. The number of aliphatic hydroxyl groups is 1. The zero-order valence-corrected chi connectivity index (χ0v) is 20.1. The highest BCUT2D eigenvalue weighted by Gasteiger charge is 2.39. The van der Waals surface area contributed by atoms with Crippen molar-refractivity contribution in [2.45, 2.75) is 38.0 Å². The van der Waals surface area contributed by atoms with Crippen molar-refractivity contribution in [1.29, 1.82) is 0 Å². The molecule has 1 aromatic heterocycles. The van der Waals surface area contributed by atoms with Crippen LogP contribution in [0.1, 0.15) is 42.5 Å². The maximum Gasteiger partial charge on any atom is 0.236 e. The summed E-state index contributed by atoms with van der Waals surface area (Å²) in [5, 5.41) is 11.9. The number of rotatable bonds is 8. The first-order chi connectivity index (χ1) is 17.2. The van der Waals surface area contributed by atoms with Gasteiger partial charge in [-0.3, -0.25) is 0 Å². The summed E-state index contributed by atoms with van der Waals surface area (Å²) in [7, 11) is 0. The zero-order chi connectivity index (χ0) is 24.1. The van der Waals surface area contributed by atoms with Crippen LogP contribution in [0, 0.1) is 5.92 Å². The second-order valence-electron chi connectivity index (χ2n) is 9.38. The topological polar surface area (TPSA) is 59.9 Å². The van der Waals surface area contributed by atoms with Crippen LogP contribution >= 0.6 is 0 Å². The molecule has 5 nitrogen and oxygen atoms in total. The maximum absolute atomic E-state index is 11.9. The van der Waals surface area contributed by atoms with Crippen molar-refractivity contribution in [2.75, 3.05) is 13.1 Å². The number of piperidine rings is 1. The van der Waals surface area contributed by atoms with Gasteiger partial charge in [-0.1, -0.05) is 85.8 Å². The summed E-state index contributed by atoms with van der Waals surface area (Å²) in [5.41, 5.74) is 0.00336. The van der Waals surface area contributed by atoms with Crippen molar-refractivity contribution < 1.29 is 19.2 Å². The Morgan fingerprint density at radius 2 is 1.54 bits per heavy atom. The summed E-state index contributed by atoms with van der Waals surface area (Å²) in [5.74, 6) is 2.54. The number of nitrogens with one attached hydrogen (secondary N) is 1. The SMILES string of the molecule is CCC1CC[NH+](Cc2cnc(C(O)(c3ccccc3)c3ccccc3)o2)CC1Oc1ccccc1. The van der Waals surface area contributed by atoms with E-state index in [9.17, 15) is 5.11 Å². The van der Waals surface area contributed by atoms with Gasteiger partial charge in [-0.25, -0.2) is 4.98 Å². The number of hydrogen-bond donors (Lipinski definition) is 2. The number of aromatic nitrogens is 1. The molecule has 0 aliphatic carbocycles. The van der Waals surface area contributed by atoms with Crippen molar-refractivity contribution in [2.24, 2.45) is 5.92 Å². The predicted octanol–water partition coefficient (Wildman–Crippen LogP) is 4.22. The first kappa shape index (κ1) is 23.3. The van der Waals surface area contributed by atoms with Gasteiger partial charge in [0.25, 0.3) is 0 Å². The van der Waals surface area contributed by atoms with E-state index >= 15 is 0 Å². The van der Waals surface area contributed by atoms with Crippen molar-refractivity contribution in [3.05, 3.63) is 120 Å². The highest BCUT2D eigenvalue weighted by Crippen LogP contribution is 2.36. The maximum atomic E-state index is 11.9. The molecule has 0 bridgehead atoms. The molecule has 0 amide bonds.